The number of fused-ring (bicyclic) bond motifs is 1. The summed E-state index contributed by atoms with van der Waals surface area (Å²) < 4.78 is 0. The molecule has 116 valence electrons. The summed E-state index contributed by atoms with van der Waals surface area (Å²) in [5, 5.41) is 3.10. The molecular formula is C15H20N6O. The lowest BCUT2D eigenvalue weighted by molar-refractivity contribution is -0.125. The van der Waals surface area contributed by atoms with E-state index in [0.717, 1.165) is 43.2 Å². The monoisotopic (exact) mass is 300 g/mol. The van der Waals surface area contributed by atoms with E-state index in [9.17, 15) is 4.79 Å². The molecular weight excluding hydrogens is 280 g/mol. The molecule has 0 spiro atoms. The summed E-state index contributed by atoms with van der Waals surface area (Å²) in [6.07, 6.45) is 7.64. The maximum absolute atomic E-state index is 12.3. The molecule has 1 saturated carbocycles. The number of imidazole rings is 1. The Morgan fingerprint density at radius 3 is 3.09 bits per heavy atom. The molecule has 1 amide bonds. The fraction of sp³-hybridized carbons (Fsp3) is 0.600. The van der Waals surface area contributed by atoms with E-state index >= 15 is 0 Å². The Morgan fingerprint density at radius 2 is 2.23 bits per heavy atom. The normalized spacial score (nSPS) is 22.0. The van der Waals surface area contributed by atoms with Crippen LogP contribution in [-0.2, 0) is 4.79 Å². The van der Waals surface area contributed by atoms with Gasteiger partial charge in [0.2, 0.25) is 5.91 Å². The van der Waals surface area contributed by atoms with E-state index in [0.29, 0.717) is 12.2 Å². The molecule has 2 N–H and O–H groups in total. The van der Waals surface area contributed by atoms with Crippen LogP contribution in [0, 0.1) is 11.8 Å². The molecule has 0 bridgehead atoms. The van der Waals surface area contributed by atoms with E-state index in [-0.39, 0.29) is 11.8 Å². The standard InChI is InChI=1S/C15H20N6O/c22-15(16-6-10-3-4-10)11-2-1-5-21(7-11)14-12-13(18-8-17-12)19-9-20-14/h8-11H,1-7H2,(H,16,22)(H,17,18,19,20)/t11-/m0/s1. The minimum Gasteiger partial charge on any atom is -0.356 e. The summed E-state index contributed by atoms with van der Waals surface area (Å²) in [5.41, 5.74) is 1.52. The van der Waals surface area contributed by atoms with Crippen molar-refractivity contribution in [1.29, 1.82) is 0 Å². The van der Waals surface area contributed by atoms with Crippen molar-refractivity contribution in [3.8, 4) is 0 Å². The molecule has 1 aliphatic heterocycles. The summed E-state index contributed by atoms with van der Waals surface area (Å²) in [6.45, 7) is 2.47. The topological polar surface area (TPSA) is 86.8 Å². The van der Waals surface area contributed by atoms with Gasteiger partial charge in [0.25, 0.3) is 0 Å². The zero-order valence-corrected chi connectivity index (χ0v) is 12.5. The summed E-state index contributed by atoms with van der Waals surface area (Å²) in [5.74, 6) is 1.80. The molecule has 22 heavy (non-hydrogen) atoms. The third kappa shape index (κ3) is 2.63. The Bertz CT molecular complexity index is 679. The number of aromatic nitrogens is 4. The fourth-order valence-corrected chi connectivity index (χ4v) is 3.09. The number of carbonyl (C=O) groups is 1. The highest BCUT2D eigenvalue weighted by Crippen LogP contribution is 2.28. The number of amides is 1. The quantitative estimate of drug-likeness (QED) is 0.883. The Kier molecular flexibility index (Phi) is 3.40. The number of aromatic amines is 1. The molecule has 2 aliphatic rings. The van der Waals surface area contributed by atoms with Crippen molar-refractivity contribution in [1.82, 2.24) is 25.3 Å². The van der Waals surface area contributed by atoms with Gasteiger partial charge in [-0.1, -0.05) is 0 Å². The largest absolute Gasteiger partial charge is 0.356 e. The third-order valence-corrected chi connectivity index (χ3v) is 4.56. The van der Waals surface area contributed by atoms with Crippen LogP contribution in [-0.4, -0.2) is 45.5 Å². The number of carbonyl (C=O) groups excluding carboxylic acids is 1. The van der Waals surface area contributed by atoms with Crippen LogP contribution in [0.15, 0.2) is 12.7 Å². The van der Waals surface area contributed by atoms with Gasteiger partial charge in [-0.15, -0.1) is 0 Å². The van der Waals surface area contributed by atoms with E-state index in [1.807, 2.05) is 0 Å². The second kappa shape index (κ2) is 5.55. The van der Waals surface area contributed by atoms with Gasteiger partial charge in [0.15, 0.2) is 11.5 Å². The average molecular weight is 300 g/mol. The number of hydrogen-bond acceptors (Lipinski definition) is 5. The number of anilines is 1. The first-order valence-corrected chi connectivity index (χ1v) is 7.98. The van der Waals surface area contributed by atoms with Crippen molar-refractivity contribution in [2.75, 3.05) is 24.5 Å². The van der Waals surface area contributed by atoms with Crippen LogP contribution in [0.3, 0.4) is 0 Å². The molecule has 1 atom stereocenters. The minimum atomic E-state index is 0.0421. The molecule has 0 unspecified atom stereocenters. The number of nitrogens with one attached hydrogen (secondary N) is 2. The van der Waals surface area contributed by atoms with Gasteiger partial charge in [0.05, 0.1) is 12.2 Å². The fourth-order valence-electron chi connectivity index (χ4n) is 3.09. The molecule has 2 aromatic rings. The first-order valence-electron chi connectivity index (χ1n) is 7.98. The Balaban J connectivity index is 1.48. The number of hydrogen-bond donors (Lipinski definition) is 2. The lowest BCUT2D eigenvalue weighted by Crippen LogP contribution is -2.43. The molecule has 2 fully saturated rings. The van der Waals surface area contributed by atoms with Crippen molar-refractivity contribution in [3.05, 3.63) is 12.7 Å². The molecule has 4 rings (SSSR count). The summed E-state index contributed by atoms with van der Waals surface area (Å²) >= 11 is 0. The second-order valence-corrected chi connectivity index (χ2v) is 6.27. The molecule has 7 nitrogen and oxygen atoms in total. The van der Waals surface area contributed by atoms with Crippen molar-refractivity contribution < 1.29 is 4.79 Å². The lowest BCUT2D eigenvalue weighted by Gasteiger charge is -2.32. The Morgan fingerprint density at radius 1 is 1.32 bits per heavy atom. The predicted octanol–water partition coefficient (Wildman–Crippen LogP) is 1.10. The van der Waals surface area contributed by atoms with Crippen molar-refractivity contribution in [2.45, 2.75) is 25.7 Å². The van der Waals surface area contributed by atoms with Crippen LogP contribution in [0.1, 0.15) is 25.7 Å². The molecule has 3 heterocycles. The smallest absolute Gasteiger partial charge is 0.224 e. The zero-order valence-electron chi connectivity index (χ0n) is 12.5. The van der Waals surface area contributed by atoms with Gasteiger partial charge >= 0.3 is 0 Å². The van der Waals surface area contributed by atoms with E-state index < -0.39 is 0 Å². The van der Waals surface area contributed by atoms with Gasteiger partial charge < -0.3 is 15.2 Å². The van der Waals surface area contributed by atoms with Crippen LogP contribution >= 0.6 is 0 Å². The highest BCUT2D eigenvalue weighted by Gasteiger charge is 2.29. The molecule has 1 saturated heterocycles. The van der Waals surface area contributed by atoms with E-state index in [2.05, 4.69) is 30.2 Å². The summed E-state index contributed by atoms with van der Waals surface area (Å²) in [6, 6.07) is 0. The molecule has 2 aromatic heterocycles. The van der Waals surface area contributed by atoms with Crippen molar-refractivity contribution in [3.63, 3.8) is 0 Å². The van der Waals surface area contributed by atoms with Gasteiger partial charge in [-0.3, -0.25) is 4.79 Å². The predicted molar refractivity (Wildman–Crippen MR) is 82.4 cm³/mol. The van der Waals surface area contributed by atoms with Crippen LogP contribution < -0.4 is 10.2 Å². The van der Waals surface area contributed by atoms with Crippen molar-refractivity contribution >= 4 is 22.9 Å². The second-order valence-electron chi connectivity index (χ2n) is 6.27. The van der Waals surface area contributed by atoms with E-state index in [1.54, 1.807) is 6.33 Å². The van der Waals surface area contributed by atoms with Gasteiger partial charge in [0.1, 0.15) is 11.8 Å². The molecule has 7 heteroatoms. The maximum Gasteiger partial charge on any atom is 0.224 e. The van der Waals surface area contributed by atoms with Crippen LogP contribution in [0.4, 0.5) is 5.82 Å². The Hall–Kier alpha value is -2.18. The number of H-pyrrole nitrogens is 1. The zero-order chi connectivity index (χ0) is 14.9. The number of nitrogens with zero attached hydrogens (tertiary/aromatic N) is 4. The van der Waals surface area contributed by atoms with Gasteiger partial charge in [-0.05, 0) is 31.6 Å². The SMILES string of the molecule is O=C(NCC1CC1)[C@H]1CCCN(c2ncnc3nc[nH]c23)C1. The summed E-state index contributed by atoms with van der Waals surface area (Å²) in [4.78, 5) is 30.3. The maximum atomic E-state index is 12.3. The number of rotatable bonds is 4. The third-order valence-electron chi connectivity index (χ3n) is 4.56. The van der Waals surface area contributed by atoms with Gasteiger partial charge in [-0.2, -0.15) is 0 Å². The highest BCUT2D eigenvalue weighted by atomic mass is 16.1. The van der Waals surface area contributed by atoms with E-state index in [4.69, 9.17) is 0 Å². The van der Waals surface area contributed by atoms with Gasteiger partial charge in [0, 0.05) is 19.6 Å². The van der Waals surface area contributed by atoms with Crippen LogP contribution in [0.5, 0.6) is 0 Å². The van der Waals surface area contributed by atoms with Crippen LogP contribution in [0.2, 0.25) is 0 Å². The average Bonchev–Trinajstić information content (AvgIpc) is 3.27. The molecule has 0 aromatic carbocycles. The van der Waals surface area contributed by atoms with E-state index in [1.165, 1.54) is 19.2 Å². The van der Waals surface area contributed by atoms with Crippen LogP contribution in [0.25, 0.3) is 11.2 Å². The summed E-state index contributed by atoms with van der Waals surface area (Å²) in [7, 11) is 0. The Labute approximate surface area is 128 Å². The lowest BCUT2D eigenvalue weighted by atomic mass is 9.97. The minimum absolute atomic E-state index is 0.0421. The first-order chi connectivity index (χ1) is 10.8. The van der Waals surface area contributed by atoms with Gasteiger partial charge in [-0.25, -0.2) is 15.0 Å². The molecule has 0 radical (unpaired) electrons. The molecule has 1 aliphatic carbocycles. The van der Waals surface area contributed by atoms with Crippen molar-refractivity contribution in [2.24, 2.45) is 11.8 Å². The number of piperidine rings is 1. The highest BCUT2D eigenvalue weighted by molar-refractivity contribution is 5.84. The first kappa shape index (κ1) is 13.5.